The number of ether oxygens (including phenoxy) is 1. The van der Waals surface area contributed by atoms with Crippen LogP contribution >= 0.6 is 11.3 Å². The Morgan fingerprint density at radius 1 is 0.966 bits per heavy atom. The molecule has 0 spiro atoms. The number of primary amides is 1. The molecule has 1 heterocycles. The minimum absolute atomic E-state index is 0.248. The van der Waals surface area contributed by atoms with Crippen molar-refractivity contribution in [1.82, 2.24) is 0 Å². The SMILES string of the molecule is NC(=O)Oc1c(-c2ccc(NC(=O)Nc3ccc4c(c3)CCC4)cc2)csc1N. The van der Waals surface area contributed by atoms with Crippen LogP contribution in [0.4, 0.5) is 26.0 Å². The Kier molecular flexibility index (Phi) is 5.09. The van der Waals surface area contributed by atoms with E-state index in [9.17, 15) is 9.59 Å². The number of rotatable bonds is 4. The fraction of sp³-hybridized carbons (Fsp3) is 0.143. The molecule has 3 aromatic rings. The summed E-state index contributed by atoms with van der Waals surface area (Å²) >= 11 is 1.26. The average molecular weight is 408 g/mol. The van der Waals surface area contributed by atoms with Gasteiger partial charge in [-0.1, -0.05) is 18.2 Å². The van der Waals surface area contributed by atoms with Gasteiger partial charge < -0.3 is 26.8 Å². The normalized spacial score (nSPS) is 12.3. The summed E-state index contributed by atoms with van der Waals surface area (Å²) in [5.41, 5.74) is 16.5. The predicted octanol–water partition coefficient (Wildman–Crippen LogP) is 4.59. The van der Waals surface area contributed by atoms with E-state index in [2.05, 4.69) is 16.7 Å². The van der Waals surface area contributed by atoms with Crippen molar-refractivity contribution in [3.63, 3.8) is 0 Å². The predicted molar refractivity (Wildman–Crippen MR) is 115 cm³/mol. The first-order chi connectivity index (χ1) is 14.0. The van der Waals surface area contributed by atoms with E-state index >= 15 is 0 Å². The second-order valence-electron chi connectivity index (χ2n) is 6.76. The molecule has 6 N–H and O–H groups in total. The van der Waals surface area contributed by atoms with Crippen molar-refractivity contribution in [3.8, 4) is 16.9 Å². The van der Waals surface area contributed by atoms with E-state index in [1.807, 2.05) is 12.1 Å². The van der Waals surface area contributed by atoms with E-state index < -0.39 is 6.09 Å². The smallest absolute Gasteiger partial charge is 0.407 e. The molecule has 0 aliphatic heterocycles. The molecule has 0 atom stereocenters. The van der Waals surface area contributed by atoms with Gasteiger partial charge in [0.2, 0.25) is 0 Å². The zero-order valence-corrected chi connectivity index (χ0v) is 16.3. The van der Waals surface area contributed by atoms with Gasteiger partial charge in [-0.15, -0.1) is 11.3 Å². The number of carbonyl (C=O) groups is 2. The number of hydrogen-bond acceptors (Lipinski definition) is 5. The summed E-state index contributed by atoms with van der Waals surface area (Å²) in [6.45, 7) is 0. The molecule has 4 rings (SSSR count). The van der Waals surface area contributed by atoms with Gasteiger partial charge in [0, 0.05) is 22.3 Å². The zero-order chi connectivity index (χ0) is 20.4. The molecule has 1 aromatic heterocycles. The maximum absolute atomic E-state index is 12.3. The average Bonchev–Trinajstić information content (AvgIpc) is 3.29. The molecule has 0 saturated carbocycles. The van der Waals surface area contributed by atoms with Gasteiger partial charge >= 0.3 is 12.1 Å². The summed E-state index contributed by atoms with van der Waals surface area (Å²) in [4.78, 5) is 23.4. The molecule has 3 amide bonds. The number of anilines is 3. The van der Waals surface area contributed by atoms with Crippen molar-refractivity contribution < 1.29 is 14.3 Å². The highest BCUT2D eigenvalue weighted by atomic mass is 32.1. The minimum atomic E-state index is -0.919. The summed E-state index contributed by atoms with van der Waals surface area (Å²) in [6, 6.07) is 12.9. The number of thiophene rings is 1. The highest BCUT2D eigenvalue weighted by Crippen LogP contribution is 2.40. The number of nitrogens with one attached hydrogen (secondary N) is 2. The largest absolute Gasteiger partial charge is 0.410 e. The Bertz CT molecular complexity index is 1080. The van der Waals surface area contributed by atoms with E-state index in [1.165, 1.54) is 28.9 Å². The van der Waals surface area contributed by atoms with Crippen LogP contribution in [-0.2, 0) is 12.8 Å². The maximum atomic E-state index is 12.3. The molecule has 1 aliphatic carbocycles. The van der Waals surface area contributed by atoms with Gasteiger partial charge in [-0.3, -0.25) is 0 Å². The fourth-order valence-electron chi connectivity index (χ4n) is 3.44. The molecule has 8 heteroatoms. The van der Waals surface area contributed by atoms with Crippen molar-refractivity contribution in [3.05, 3.63) is 59.0 Å². The summed E-state index contributed by atoms with van der Waals surface area (Å²) < 4.78 is 5.01. The molecule has 0 radical (unpaired) electrons. The van der Waals surface area contributed by atoms with Gasteiger partial charge in [0.1, 0.15) is 5.00 Å². The second-order valence-corrected chi connectivity index (χ2v) is 7.67. The number of fused-ring (bicyclic) bond motifs is 1. The monoisotopic (exact) mass is 408 g/mol. The fourth-order valence-corrected chi connectivity index (χ4v) is 4.19. The van der Waals surface area contributed by atoms with Gasteiger partial charge in [0.05, 0.1) is 0 Å². The van der Waals surface area contributed by atoms with Crippen molar-refractivity contribution in [1.29, 1.82) is 0 Å². The first-order valence-corrected chi connectivity index (χ1v) is 10.0. The number of amides is 3. The Morgan fingerprint density at radius 2 is 1.66 bits per heavy atom. The molecule has 0 bridgehead atoms. The number of urea groups is 1. The summed E-state index contributed by atoms with van der Waals surface area (Å²) in [5.74, 6) is 0.248. The van der Waals surface area contributed by atoms with Crippen LogP contribution in [0.15, 0.2) is 47.8 Å². The minimum Gasteiger partial charge on any atom is -0.407 e. The third kappa shape index (κ3) is 4.17. The van der Waals surface area contributed by atoms with Crippen LogP contribution in [0.5, 0.6) is 5.75 Å². The van der Waals surface area contributed by atoms with Crippen LogP contribution in [0.25, 0.3) is 11.1 Å². The third-order valence-electron chi connectivity index (χ3n) is 4.78. The highest BCUT2D eigenvalue weighted by molar-refractivity contribution is 7.14. The highest BCUT2D eigenvalue weighted by Gasteiger charge is 2.16. The molecular formula is C21H20N4O3S. The van der Waals surface area contributed by atoms with Gasteiger partial charge in [-0.25, -0.2) is 9.59 Å². The third-order valence-corrected chi connectivity index (χ3v) is 5.58. The zero-order valence-electron chi connectivity index (χ0n) is 15.5. The first kappa shape index (κ1) is 18.8. The number of benzene rings is 2. The second kappa shape index (κ2) is 7.84. The van der Waals surface area contributed by atoms with Crippen LogP contribution in [0, 0.1) is 0 Å². The van der Waals surface area contributed by atoms with Crippen LogP contribution in [0.1, 0.15) is 17.5 Å². The van der Waals surface area contributed by atoms with E-state index in [-0.39, 0.29) is 11.8 Å². The first-order valence-electron chi connectivity index (χ1n) is 9.14. The van der Waals surface area contributed by atoms with Gasteiger partial charge in [0.25, 0.3) is 0 Å². The van der Waals surface area contributed by atoms with Crippen LogP contribution in [0.2, 0.25) is 0 Å². The van der Waals surface area contributed by atoms with Crippen molar-refractivity contribution in [2.24, 2.45) is 5.73 Å². The molecule has 7 nitrogen and oxygen atoms in total. The van der Waals surface area contributed by atoms with E-state index in [0.29, 0.717) is 16.3 Å². The van der Waals surface area contributed by atoms with Crippen molar-refractivity contribution in [2.45, 2.75) is 19.3 Å². The lowest BCUT2D eigenvalue weighted by Gasteiger charge is -2.10. The molecule has 0 saturated heterocycles. The quantitative estimate of drug-likeness (QED) is 0.505. The van der Waals surface area contributed by atoms with E-state index in [1.54, 1.807) is 29.6 Å². The number of nitrogens with two attached hydrogens (primary N) is 2. The Hall–Kier alpha value is -3.52. The molecular weight excluding hydrogens is 388 g/mol. The standard InChI is InChI=1S/C21H20N4O3S/c22-19-18(28-20(23)26)17(11-29-19)13-5-7-15(8-6-13)24-21(27)25-16-9-4-12-2-1-3-14(12)10-16/h4-11H,1-3,22H2,(H2,23,26)(H2,24,25,27). The van der Waals surface area contributed by atoms with Gasteiger partial charge in [-0.05, 0) is 60.2 Å². The molecule has 2 aromatic carbocycles. The maximum Gasteiger partial charge on any atom is 0.410 e. The number of nitrogen functional groups attached to an aromatic ring is 1. The Balaban J connectivity index is 1.43. The van der Waals surface area contributed by atoms with Crippen LogP contribution < -0.4 is 26.8 Å². The van der Waals surface area contributed by atoms with Gasteiger partial charge in [0.15, 0.2) is 5.75 Å². The van der Waals surface area contributed by atoms with Gasteiger partial charge in [-0.2, -0.15) is 0 Å². The lowest BCUT2D eigenvalue weighted by Crippen LogP contribution is -2.19. The lowest BCUT2D eigenvalue weighted by molar-refractivity contribution is 0.211. The Morgan fingerprint density at radius 3 is 2.41 bits per heavy atom. The molecule has 0 fully saturated rings. The summed E-state index contributed by atoms with van der Waals surface area (Å²) in [5, 5.41) is 7.83. The molecule has 0 unspecified atom stereocenters. The van der Waals surface area contributed by atoms with Crippen molar-refractivity contribution >= 4 is 39.8 Å². The van der Waals surface area contributed by atoms with Crippen LogP contribution in [-0.4, -0.2) is 12.1 Å². The topological polar surface area (TPSA) is 119 Å². The summed E-state index contributed by atoms with van der Waals surface area (Å²) in [7, 11) is 0. The molecule has 148 valence electrons. The number of hydrogen-bond donors (Lipinski definition) is 4. The number of aryl methyl sites for hydroxylation is 2. The van der Waals surface area contributed by atoms with E-state index in [4.69, 9.17) is 16.2 Å². The lowest BCUT2D eigenvalue weighted by atomic mass is 10.1. The molecule has 1 aliphatic rings. The Labute approximate surface area is 171 Å². The van der Waals surface area contributed by atoms with Crippen molar-refractivity contribution in [2.75, 3.05) is 16.4 Å². The van der Waals surface area contributed by atoms with Crippen LogP contribution in [0.3, 0.4) is 0 Å². The molecule has 29 heavy (non-hydrogen) atoms. The summed E-state index contributed by atoms with van der Waals surface area (Å²) in [6.07, 6.45) is 2.41. The number of carbonyl (C=O) groups excluding carboxylic acids is 2. The van der Waals surface area contributed by atoms with E-state index in [0.717, 1.165) is 24.1 Å².